The summed E-state index contributed by atoms with van der Waals surface area (Å²) in [6, 6.07) is 0.342. The smallest absolute Gasteiger partial charge is 0.414 e. The number of carbonyl (C=O) groups excluding carboxylic acids is 2. The molecule has 1 aromatic rings. The molecule has 25 heavy (non-hydrogen) atoms. The standard InChI is InChI=1S/C18H26N4O3/c1-12(2)25-18(24)20-8-5-15(6-9-20)22-13(3)19-16-11-21(14(4)23)10-7-17(16)22/h15H,1,5-11H2,2-4H3. The Kier molecular flexibility index (Phi) is 4.83. The van der Waals surface area contributed by atoms with Gasteiger partial charge in [-0.2, -0.15) is 0 Å². The summed E-state index contributed by atoms with van der Waals surface area (Å²) in [5, 5.41) is 0. The van der Waals surface area contributed by atoms with E-state index >= 15 is 0 Å². The molecular formula is C18H26N4O3. The van der Waals surface area contributed by atoms with Crippen LogP contribution in [0.4, 0.5) is 4.79 Å². The first-order valence-corrected chi connectivity index (χ1v) is 8.81. The van der Waals surface area contributed by atoms with E-state index < -0.39 is 0 Å². The van der Waals surface area contributed by atoms with E-state index in [1.165, 1.54) is 5.69 Å². The Hall–Kier alpha value is -2.31. The number of aromatic nitrogens is 2. The molecule has 1 fully saturated rings. The molecule has 1 aromatic heterocycles. The van der Waals surface area contributed by atoms with Crippen molar-refractivity contribution in [2.24, 2.45) is 0 Å². The third kappa shape index (κ3) is 3.55. The Morgan fingerprint density at radius 1 is 1.16 bits per heavy atom. The van der Waals surface area contributed by atoms with E-state index in [0.717, 1.165) is 37.3 Å². The van der Waals surface area contributed by atoms with Crippen molar-refractivity contribution in [3.05, 3.63) is 29.6 Å². The first kappa shape index (κ1) is 17.5. The number of amides is 2. The summed E-state index contributed by atoms with van der Waals surface area (Å²) in [5.41, 5.74) is 2.26. The molecule has 0 spiro atoms. The molecule has 1 saturated heterocycles. The van der Waals surface area contributed by atoms with Crippen LogP contribution in [0.15, 0.2) is 12.3 Å². The minimum Gasteiger partial charge on any atom is -0.416 e. The van der Waals surface area contributed by atoms with Crippen molar-refractivity contribution in [2.75, 3.05) is 19.6 Å². The van der Waals surface area contributed by atoms with E-state index in [4.69, 9.17) is 9.72 Å². The monoisotopic (exact) mass is 346 g/mol. The summed E-state index contributed by atoms with van der Waals surface area (Å²) in [7, 11) is 0. The van der Waals surface area contributed by atoms with Gasteiger partial charge in [-0.15, -0.1) is 0 Å². The molecule has 2 amide bonds. The van der Waals surface area contributed by atoms with Gasteiger partial charge in [0.15, 0.2) is 0 Å². The van der Waals surface area contributed by atoms with Crippen LogP contribution in [0.2, 0.25) is 0 Å². The van der Waals surface area contributed by atoms with E-state index in [0.29, 0.717) is 31.4 Å². The topological polar surface area (TPSA) is 67.7 Å². The van der Waals surface area contributed by atoms with Gasteiger partial charge in [0.25, 0.3) is 0 Å². The molecular weight excluding hydrogens is 320 g/mol. The summed E-state index contributed by atoms with van der Waals surface area (Å²) in [6.07, 6.45) is 2.29. The molecule has 7 heteroatoms. The molecule has 0 radical (unpaired) electrons. The van der Waals surface area contributed by atoms with Crippen LogP contribution in [0.5, 0.6) is 0 Å². The number of aryl methyl sites for hydroxylation is 1. The van der Waals surface area contributed by atoms with Crippen LogP contribution in [0.25, 0.3) is 0 Å². The Bertz CT molecular complexity index is 701. The van der Waals surface area contributed by atoms with Crippen LogP contribution in [-0.4, -0.2) is 51.0 Å². The fraction of sp³-hybridized carbons (Fsp3) is 0.611. The molecule has 3 heterocycles. The molecule has 0 aliphatic carbocycles. The van der Waals surface area contributed by atoms with Gasteiger partial charge >= 0.3 is 6.09 Å². The second-order valence-corrected chi connectivity index (χ2v) is 6.90. The summed E-state index contributed by atoms with van der Waals surface area (Å²) in [5.74, 6) is 1.52. The number of fused-ring (bicyclic) bond motifs is 1. The van der Waals surface area contributed by atoms with Crippen LogP contribution < -0.4 is 0 Å². The number of hydrogen-bond donors (Lipinski definition) is 0. The molecule has 3 rings (SSSR count). The first-order valence-electron chi connectivity index (χ1n) is 8.81. The summed E-state index contributed by atoms with van der Waals surface area (Å²) >= 11 is 0. The second-order valence-electron chi connectivity index (χ2n) is 6.90. The fourth-order valence-electron chi connectivity index (χ4n) is 3.81. The molecule has 0 aromatic carbocycles. The third-order valence-electron chi connectivity index (χ3n) is 5.02. The number of imidazole rings is 1. The maximum Gasteiger partial charge on any atom is 0.414 e. The lowest BCUT2D eigenvalue weighted by Crippen LogP contribution is -2.40. The zero-order chi connectivity index (χ0) is 18.1. The normalized spacial score (nSPS) is 18.0. The zero-order valence-corrected chi connectivity index (χ0v) is 15.2. The average molecular weight is 346 g/mol. The van der Waals surface area contributed by atoms with Gasteiger partial charge in [0, 0.05) is 44.7 Å². The van der Waals surface area contributed by atoms with Crippen LogP contribution in [0.3, 0.4) is 0 Å². The number of nitrogens with zero attached hydrogens (tertiary/aromatic N) is 4. The summed E-state index contributed by atoms with van der Waals surface area (Å²) in [6.45, 7) is 11.6. The molecule has 0 bridgehead atoms. The third-order valence-corrected chi connectivity index (χ3v) is 5.02. The highest BCUT2D eigenvalue weighted by Crippen LogP contribution is 2.30. The number of piperidine rings is 1. The van der Waals surface area contributed by atoms with Crippen LogP contribution >= 0.6 is 0 Å². The number of rotatable bonds is 2. The van der Waals surface area contributed by atoms with Crippen molar-refractivity contribution >= 4 is 12.0 Å². The molecule has 0 N–H and O–H groups in total. The van der Waals surface area contributed by atoms with E-state index in [1.807, 2.05) is 11.8 Å². The van der Waals surface area contributed by atoms with Gasteiger partial charge in [-0.1, -0.05) is 6.58 Å². The molecule has 0 atom stereocenters. The van der Waals surface area contributed by atoms with Gasteiger partial charge in [0.1, 0.15) is 5.82 Å². The van der Waals surface area contributed by atoms with E-state index in [1.54, 1.807) is 18.7 Å². The first-order chi connectivity index (χ1) is 11.9. The number of ether oxygens (including phenoxy) is 1. The number of carbonyl (C=O) groups is 2. The van der Waals surface area contributed by atoms with E-state index in [2.05, 4.69) is 11.1 Å². The quantitative estimate of drug-likeness (QED) is 0.771. The van der Waals surface area contributed by atoms with Crippen molar-refractivity contribution in [1.29, 1.82) is 0 Å². The Labute approximate surface area is 148 Å². The number of allylic oxidation sites excluding steroid dienone is 1. The minimum atomic E-state index is -0.313. The van der Waals surface area contributed by atoms with Crippen molar-refractivity contribution in [3.63, 3.8) is 0 Å². The largest absolute Gasteiger partial charge is 0.416 e. The van der Waals surface area contributed by atoms with Gasteiger partial charge in [0.2, 0.25) is 5.91 Å². The van der Waals surface area contributed by atoms with Gasteiger partial charge in [0.05, 0.1) is 18.0 Å². The second kappa shape index (κ2) is 6.90. The van der Waals surface area contributed by atoms with Gasteiger partial charge in [-0.25, -0.2) is 9.78 Å². The van der Waals surface area contributed by atoms with Crippen LogP contribution in [-0.2, 0) is 22.5 Å². The van der Waals surface area contributed by atoms with Crippen LogP contribution in [0.1, 0.15) is 49.9 Å². The highest BCUT2D eigenvalue weighted by molar-refractivity contribution is 5.73. The maximum atomic E-state index is 12.0. The Balaban J connectivity index is 1.70. The maximum absolute atomic E-state index is 12.0. The lowest BCUT2D eigenvalue weighted by atomic mass is 10.0. The predicted molar refractivity (Wildman–Crippen MR) is 92.9 cm³/mol. The van der Waals surface area contributed by atoms with Gasteiger partial charge in [-0.3, -0.25) is 4.79 Å². The van der Waals surface area contributed by atoms with Gasteiger partial charge < -0.3 is 19.1 Å². The molecule has 136 valence electrons. The predicted octanol–water partition coefficient (Wildman–Crippen LogP) is 2.40. The molecule has 0 unspecified atom stereocenters. The summed E-state index contributed by atoms with van der Waals surface area (Å²) < 4.78 is 7.43. The van der Waals surface area contributed by atoms with E-state index in [9.17, 15) is 9.59 Å². The molecule has 0 saturated carbocycles. The van der Waals surface area contributed by atoms with Crippen molar-refractivity contribution in [2.45, 2.75) is 52.6 Å². The molecule has 7 nitrogen and oxygen atoms in total. The lowest BCUT2D eigenvalue weighted by Gasteiger charge is -2.34. The van der Waals surface area contributed by atoms with Crippen LogP contribution in [0, 0.1) is 6.92 Å². The minimum absolute atomic E-state index is 0.0992. The molecule has 2 aliphatic heterocycles. The van der Waals surface area contributed by atoms with Crippen molar-refractivity contribution in [1.82, 2.24) is 19.4 Å². The average Bonchev–Trinajstić information content (AvgIpc) is 2.89. The summed E-state index contributed by atoms with van der Waals surface area (Å²) in [4.78, 5) is 31.9. The van der Waals surface area contributed by atoms with Crippen molar-refractivity contribution < 1.29 is 14.3 Å². The number of hydrogen-bond acceptors (Lipinski definition) is 4. The molecule has 2 aliphatic rings. The Morgan fingerprint density at radius 2 is 1.84 bits per heavy atom. The lowest BCUT2D eigenvalue weighted by molar-refractivity contribution is -0.129. The highest BCUT2D eigenvalue weighted by Gasteiger charge is 2.30. The van der Waals surface area contributed by atoms with Crippen molar-refractivity contribution in [3.8, 4) is 0 Å². The zero-order valence-electron chi connectivity index (χ0n) is 15.2. The highest BCUT2D eigenvalue weighted by atomic mass is 16.6. The Morgan fingerprint density at radius 3 is 2.44 bits per heavy atom. The SMILES string of the molecule is C=C(C)OC(=O)N1CCC(n2c(C)nc3c2CCN(C(C)=O)C3)CC1. The van der Waals surface area contributed by atoms with E-state index in [-0.39, 0.29) is 12.0 Å². The number of likely N-dealkylation sites (tertiary alicyclic amines) is 1. The van der Waals surface area contributed by atoms with Gasteiger partial charge in [-0.05, 0) is 26.7 Å². The fourth-order valence-corrected chi connectivity index (χ4v) is 3.81.